The van der Waals surface area contributed by atoms with E-state index in [9.17, 15) is 4.79 Å². The SMILES string of the molecule is Cc1ccc(Cl)c2c1C(OC(=O)Nc1c(C(C)C)cccc1C(C)C)c1ccccc1CO2. The second-order valence-corrected chi connectivity index (χ2v) is 9.53. The molecule has 3 aromatic rings. The van der Waals surface area contributed by atoms with Crippen LogP contribution in [0.3, 0.4) is 0 Å². The Morgan fingerprint density at radius 1 is 1.00 bits per heavy atom. The molecule has 0 spiro atoms. The Morgan fingerprint density at radius 2 is 1.67 bits per heavy atom. The molecule has 1 N–H and O–H groups in total. The normalized spacial score (nSPS) is 14.8. The molecule has 172 valence electrons. The van der Waals surface area contributed by atoms with E-state index in [1.807, 2.05) is 49.4 Å². The van der Waals surface area contributed by atoms with Crippen LogP contribution in [0.4, 0.5) is 10.5 Å². The summed E-state index contributed by atoms with van der Waals surface area (Å²) in [5.41, 5.74) is 6.60. The van der Waals surface area contributed by atoms with Crippen molar-refractivity contribution < 1.29 is 14.3 Å². The fourth-order valence-electron chi connectivity index (χ4n) is 4.43. The summed E-state index contributed by atoms with van der Waals surface area (Å²) in [6.07, 6.45) is -1.14. The third kappa shape index (κ3) is 4.58. The number of ether oxygens (including phenoxy) is 2. The monoisotopic (exact) mass is 463 g/mol. The van der Waals surface area contributed by atoms with Crippen molar-refractivity contribution in [3.8, 4) is 5.75 Å². The molecule has 0 aromatic heterocycles. The minimum absolute atomic E-state index is 0.257. The van der Waals surface area contributed by atoms with Crippen molar-refractivity contribution in [1.82, 2.24) is 0 Å². The van der Waals surface area contributed by atoms with Gasteiger partial charge in [0.15, 0.2) is 6.10 Å². The van der Waals surface area contributed by atoms with Crippen molar-refractivity contribution in [2.75, 3.05) is 5.32 Å². The Kier molecular flexibility index (Phi) is 6.66. The van der Waals surface area contributed by atoms with Crippen LogP contribution in [-0.2, 0) is 11.3 Å². The maximum Gasteiger partial charge on any atom is 0.412 e. The van der Waals surface area contributed by atoms with E-state index in [0.717, 1.165) is 39.1 Å². The van der Waals surface area contributed by atoms with Crippen molar-refractivity contribution in [2.24, 2.45) is 0 Å². The van der Waals surface area contributed by atoms with Gasteiger partial charge in [0.25, 0.3) is 0 Å². The number of para-hydroxylation sites is 1. The summed E-state index contributed by atoms with van der Waals surface area (Å²) in [6.45, 7) is 10.8. The van der Waals surface area contributed by atoms with Crippen LogP contribution in [-0.4, -0.2) is 6.09 Å². The second kappa shape index (κ2) is 9.48. The molecule has 4 nitrogen and oxygen atoms in total. The van der Waals surface area contributed by atoms with Crippen molar-refractivity contribution >= 4 is 23.4 Å². The number of halogens is 1. The van der Waals surface area contributed by atoms with Crippen LogP contribution in [0.1, 0.15) is 79.0 Å². The molecule has 0 saturated carbocycles. The first kappa shape index (κ1) is 23.2. The highest BCUT2D eigenvalue weighted by molar-refractivity contribution is 6.32. The summed E-state index contributed by atoms with van der Waals surface area (Å²) in [5, 5.41) is 3.57. The van der Waals surface area contributed by atoms with Crippen LogP contribution in [0.15, 0.2) is 54.6 Å². The Balaban J connectivity index is 1.75. The van der Waals surface area contributed by atoms with Crippen LogP contribution in [0.2, 0.25) is 5.02 Å². The molecule has 33 heavy (non-hydrogen) atoms. The van der Waals surface area contributed by atoms with Crippen molar-refractivity contribution in [3.05, 3.63) is 93.0 Å². The van der Waals surface area contributed by atoms with Gasteiger partial charge in [-0.25, -0.2) is 4.79 Å². The number of anilines is 1. The number of amides is 1. The van der Waals surface area contributed by atoms with Gasteiger partial charge >= 0.3 is 6.09 Å². The molecule has 1 amide bonds. The molecule has 0 aliphatic carbocycles. The quantitative estimate of drug-likeness (QED) is 0.424. The highest BCUT2D eigenvalue weighted by atomic mass is 35.5. The summed E-state index contributed by atoms with van der Waals surface area (Å²) in [6, 6.07) is 17.8. The summed E-state index contributed by atoms with van der Waals surface area (Å²) in [5.74, 6) is 1.08. The first-order chi connectivity index (χ1) is 15.8. The van der Waals surface area contributed by atoms with E-state index in [1.165, 1.54) is 0 Å². The molecule has 4 rings (SSSR count). The van der Waals surface area contributed by atoms with E-state index in [4.69, 9.17) is 21.1 Å². The lowest BCUT2D eigenvalue weighted by molar-refractivity contribution is 0.130. The number of rotatable bonds is 4. The highest BCUT2D eigenvalue weighted by Gasteiger charge is 2.31. The molecule has 1 atom stereocenters. The predicted octanol–water partition coefficient (Wildman–Crippen LogP) is 8.13. The van der Waals surface area contributed by atoms with Gasteiger partial charge in [0.1, 0.15) is 12.4 Å². The average molecular weight is 464 g/mol. The lowest BCUT2D eigenvalue weighted by Crippen LogP contribution is -2.21. The Morgan fingerprint density at radius 3 is 2.33 bits per heavy atom. The number of carbonyl (C=O) groups excluding carboxylic acids is 1. The molecule has 1 aliphatic rings. The average Bonchev–Trinajstić information content (AvgIpc) is 2.94. The predicted molar refractivity (Wildman–Crippen MR) is 134 cm³/mol. The zero-order valence-corrected chi connectivity index (χ0v) is 20.5. The zero-order chi connectivity index (χ0) is 23.7. The highest BCUT2D eigenvalue weighted by Crippen LogP contribution is 2.44. The summed E-state index contributed by atoms with van der Waals surface area (Å²) in [4.78, 5) is 13.4. The largest absolute Gasteiger partial charge is 0.487 e. The van der Waals surface area contributed by atoms with Gasteiger partial charge < -0.3 is 9.47 Å². The second-order valence-electron chi connectivity index (χ2n) is 9.13. The number of fused-ring (bicyclic) bond motifs is 2. The molecular formula is C28H30ClNO3. The number of nitrogens with one attached hydrogen (secondary N) is 1. The summed E-state index contributed by atoms with van der Waals surface area (Å²) < 4.78 is 12.2. The summed E-state index contributed by atoms with van der Waals surface area (Å²) in [7, 11) is 0. The van der Waals surface area contributed by atoms with Crippen LogP contribution >= 0.6 is 11.6 Å². The zero-order valence-electron chi connectivity index (χ0n) is 19.7. The maximum absolute atomic E-state index is 13.4. The van der Waals surface area contributed by atoms with E-state index < -0.39 is 12.2 Å². The lowest BCUT2D eigenvalue weighted by Gasteiger charge is -2.24. The van der Waals surface area contributed by atoms with E-state index >= 15 is 0 Å². The summed E-state index contributed by atoms with van der Waals surface area (Å²) >= 11 is 6.49. The smallest absolute Gasteiger partial charge is 0.412 e. The standard InChI is InChI=1S/C28H30ClNO3/c1-16(2)20-11-8-12-21(17(3)4)25(20)30-28(31)33-26-22-10-7-6-9-19(22)15-32-27-23(29)14-13-18(5)24(26)27/h6-14,16-17,26H,15H2,1-5H3,(H,30,31). The van der Waals surface area contributed by atoms with Gasteiger partial charge in [-0.1, -0.05) is 87.8 Å². The van der Waals surface area contributed by atoms with Gasteiger partial charge in [0.2, 0.25) is 0 Å². The van der Waals surface area contributed by atoms with Crippen molar-refractivity contribution in [3.63, 3.8) is 0 Å². The van der Waals surface area contributed by atoms with Gasteiger partial charge in [-0.15, -0.1) is 0 Å². The Labute approximate surface area is 200 Å². The molecule has 1 unspecified atom stereocenters. The lowest BCUT2D eigenvalue weighted by atomic mass is 9.92. The van der Waals surface area contributed by atoms with Crippen LogP contribution in [0.5, 0.6) is 5.75 Å². The van der Waals surface area contributed by atoms with E-state index in [2.05, 4.69) is 45.1 Å². The molecule has 0 radical (unpaired) electrons. The fraction of sp³-hybridized carbons (Fsp3) is 0.321. The van der Waals surface area contributed by atoms with Gasteiger partial charge in [0.05, 0.1) is 10.7 Å². The number of benzene rings is 3. The maximum atomic E-state index is 13.4. The Bertz CT molecular complexity index is 1160. The molecule has 0 fully saturated rings. The van der Waals surface area contributed by atoms with Crippen LogP contribution in [0, 0.1) is 6.92 Å². The fourth-order valence-corrected chi connectivity index (χ4v) is 4.65. The van der Waals surface area contributed by atoms with Gasteiger partial charge in [-0.2, -0.15) is 0 Å². The van der Waals surface area contributed by atoms with Gasteiger partial charge in [-0.05, 0) is 47.1 Å². The number of hydrogen-bond acceptors (Lipinski definition) is 3. The van der Waals surface area contributed by atoms with Crippen LogP contribution < -0.4 is 10.1 Å². The molecule has 1 heterocycles. The number of hydrogen-bond donors (Lipinski definition) is 1. The molecule has 0 saturated heterocycles. The van der Waals surface area contributed by atoms with Gasteiger partial charge in [0, 0.05) is 11.1 Å². The van der Waals surface area contributed by atoms with Crippen molar-refractivity contribution in [1.29, 1.82) is 0 Å². The van der Waals surface area contributed by atoms with E-state index in [1.54, 1.807) is 0 Å². The minimum Gasteiger partial charge on any atom is -0.487 e. The van der Waals surface area contributed by atoms with Gasteiger partial charge in [-0.3, -0.25) is 5.32 Å². The number of carbonyl (C=O) groups is 1. The van der Waals surface area contributed by atoms with E-state index in [0.29, 0.717) is 17.4 Å². The van der Waals surface area contributed by atoms with E-state index in [-0.39, 0.29) is 11.8 Å². The number of aryl methyl sites for hydroxylation is 1. The van der Waals surface area contributed by atoms with Crippen LogP contribution in [0.25, 0.3) is 0 Å². The topological polar surface area (TPSA) is 47.6 Å². The molecule has 1 aliphatic heterocycles. The first-order valence-corrected chi connectivity index (χ1v) is 11.8. The molecule has 5 heteroatoms. The third-order valence-electron chi connectivity index (χ3n) is 6.16. The molecule has 0 bridgehead atoms. The Hall–Kier alpha value is -2.98. The third-order valence-corrected chi connectivity index (χ3v) is 6.46. The molecular weight excluding hydrogens is 434 g/mol. The molecule has 3 aromatic carbocycles. The first-order valence-electron chi connectivity index (χ1n) is 11.4. The van der Waals surface area contributed by atoms with Crippen molar-refractivity contribution in [2.45, 2.75) is 59.2 Å². The minimum atomic E-state index is -0.633.